The second-order valence-electron chi connectivity index (χ2n) is 4.77. The molecule has 2 rings (SSSR count). The molecule has 0 fully saturated rings. The molecular weight excluding hydrogens is 342 g/mol. The van der Waals surface area contributed by atoms with Crippen molar-refractivity contribution in [1.82, 2.24) is 9.13 Å². The van der Waals surface area contributed by atoms with Crippen molar-refractivity contribution in [2.75, 3.05) is 5.73 Å². The lowest BCUT2D eigenvalue weighted by molar-refractivity contribution is -0.144. The zero-order chi connectivity index (χ0) is 17.7. The fourth-order valence-electron chi connectivity index (χ4n) is 2.05. The normalized spacial score (nSPS) is 11.8. The Balaban J connectivity index is 2.94. The lowest BCUT2D eigenvalue weighted by Crippen LogP contribution is -2.41. The van der Waals surface area contributed by atoms with E-state index in [-0.39, 0.29) is 31.5 Å². The van der Waals surface area contributed by atoms with E-state index in [0.29, 0.717) is 0 Å². The van der Waals surface area contributed by atoms with Crippen LogP contribution in [-0.2, 0) is 13.2 Å². The van der Waals surface area contributed by atoms with Gasteiger partial charge >= 0.3 is 11.9 Å². The molecule has 124 valence electrons. The maximum atomic E-state index is 14.1. The summed E-state index contributed by atoms with van der Waals surface area (Å²) in [7, 11) is 0.817. The second kappa shape index (κ2) is 5.41. The van der Waals surface area contributed by atoms with Gasteiger partial charge in [0.25, 0.3) is 5.56 Å². The van der Waals surface area contributed by atoms with Crippen molar-refractivity contribution in [3.05, 3.63) is 55.1 Å². The highest BCUT2D eigenvalue weighted by Crippen LogP contribution is 2.30. The molecule has 0 atom stereocenters. The smallest absolute Gasteiger partial charge is 0.397 e. The Hall–Kier alpha value is -2.29. The molecule has 23 heavy (non-hydrogen) atoms. The maximum Gasteiger partial charge on any atom is 0.431 e. The van der Waals surface area contributed by atoms with E-state index in [2.05, 4.69) is 0 Å². The van der Waals surface area contributed by atoms with Gasteiger partial charge in [-0.2, -0.15) is 13.2 Å². The number of hydrogen-bond acceptors (Lipinski definition) is 3. The molecule has 2 N–H and O–H groups in total. The minimum atomic E-state index is -4.91. The van der Waals surface area contributed by atoms with E-state index in [1.54, 1.807) is 0 Å². The summed E-state index contributed by atoms with van der Waals surface area (Å²) in [5.74, 6) is -1.10. The first-order valence-corrected chi connectivity index (χ1v) is 6.49. The van der Waals surface area contributed by atoms with Gasteiger partial charge in [-0.1, -0.05) is 11.6 Å². The Morgan fingerprint density at radius 1 is 1.22 bits per heavy atom. The van der Waals surface area contributed by atoms with Gasteiger partial charge < -0.3 is 5.73 Å². The van der Waals surface area contributed by atoms with Crippen molar-refractivity contribution in [3.63, 3.8) is 0 Å². The van der Waals surface area contributed by atoms with Crippen molar-refractivity contribution >= 4 is 17.3 Å². The monoisotopic (exact) mass is 351 g/mol. The summed E-state index contributed by atoms with van der Waals surface area (Å²) in [5, 5.41) is -0.0412. The van der Waals surface area contributed by atoms with Crippen LogP contribution >= 0.6 is 11.6 Å². The number of hydrogen-bond donors (Lipinski definition) is 1. The summed E-state index contributed by atoms with van der Waals surface area (Å²) in [6.07, 6.45) is -4.91. The second-order valence-corrected chi connectivity index (χ2v) is 5.18. The van der Waals surface area contributed by atoms with Crippen LogP contribution in [0.5, 0.6) is 0 Å². The molecular formula is C13H10ClF4N3O2. The van der Waals surface area contributed by atoms with Crippen LogP contribution in [0.2, 0.25) is 5.02 Å². The Bertz CT molecular complexity index is 915. The molecule has 0 spiro atoms. The molecule has 0 unspecified atom stereocenters. The molecule has 2 aromatic rings. The van der Waals surface area contributed by atoms with E-state index >= 15 is 0 Å². The molecule has 1 aromatic heterocycles. The Morgan fingerprint density at radius 3 is 2.30 bits per heavy atom. The topological polar surface area (TPSA) is 70.0 Å². The standard InChI is InChI=1S/C13H10ClF4N3O2/c1-5-6(14)3-7(15)11(10(5)19)21-9(22)4-8(13(16,17)18)20(2)12(21)23/h3-4H,19H2,1-2H3. The SMILES string of the molecule is Cc1c(Cl)cc(F)c(-n2c(=O)cc(C(F)(F)F)n(C)c2=O)c1N. The number of alkyl halides is 3. The van der Waals surface area contributed by atoms with Gasteiger partial charge in [0.1, 0.15) is 11.4 Å². The highest BCUT2D eigenvalue weighted by molar-refractivity contribution is 6.31. The van der Waals surface area contributed by atoms with E-state index in [4.69, 9.17) is 17.3 Å². The first-order valence-electron chi connectivity index (χ1n) is 6.11. The van der Waals surface area contributed by atoms with Gasteiger partial charge in [0.2, 0.25) is 0 Å². The summed E-state index contributed by atoms with van der Waals surface area (Å²) in [5.41, 5.74) is 0.739. The lowest BCUT2D eigenvalue weighted by atomic mass is 10.1. The van der Waals surface area contributed by atoms with Gasteiger partial charge in [0, 0.05) is 18.1 Å². The predicted octanol–water partition coefficient (Wildman–Crippen LogP) is 2.24. The summed E-state index contributed by atoms with van der Waals surface area (Å²) in [4.78, 5) is 24.1. The van der Waals surface area contributed by atoms with Crippen LogP contribution in [-0.4, -0.2) is 9.13 Å². The quantitative estimate of drug-likeness (QED) is 0.633. The van der Waals surface area contributed by atoms with Gasteiger partial charge in [0.05, 0.1) is 5.69 Å². The van der Waals surface area contributed by atoms with Crippen LogP contribution in [0.1, 0.15) is 11.3 Å². The number of halogens is 5. The average Bonchev–Trinajstić information content (AvgIpc) is 2.42. The molecule has 10 heteroatoms. The van der Waals surface area contributed by atoms with E-state index in [1.807, 2.05) is 0 Å². The molecule has 0 bridgehead atoms. The minimum absolute atomic E-state index is 0.0412. The molecule has 0 aliphatic heterocycles. The minimum Gasteiger partial charge on any atom is -0.397 e. The zero-order valence-corrected chi connectivity index (χ0v) is 12.6. The number of nitrogens with two attached hydrogens (primary N) is 1. The van der Waals surface area contributed by atoms with Gasteiger partial charge in [-0.25, -0.2) is 13.8 Å². The van der Waals surface area contributed by atoms with Crippen molar-refractivity contribution in [2.45, 2.75) is 13.1 Å². The number of nitrogens with zero attached hydrogens (tertiary/aromatic N) is 2. The van der Waals surface area contributed by atoms with Gasteiger partial charge in [0.15, 0.2) is 5.82 Å². The molecule has 0 saturated carbocycles. The number of aromatic nitrogens is 2. The molecule has 0 aliphatic carbocycles. The van der Waals surface area contributed by atoms with Gasteiger partial charge in [-0.3, -0.25) is 9.36 Å². The summed E-state index contributed by atoms with van der Waals surface area (Å²) >= 11 is 5.74. The van der Waals surface area contributed by atoms with E-state index < -0.39 is 34.6 Å². The predicted molar refractivity (Wildman–Crippen MR) is 76.4 cm³/mol. The van der Waals surface area contributed by atoms with Crippen molar-refractivity contribution in [3.8, 4) is 5.69 Å². The van der Waals surface area contributed by atoms with Crippen molar-refractivity contribution in [2.24, 2.45) is 7.05 Å². The molecule has 0 aliphatic rings. The van der Waals surface area contributed by atoms with E-state index in [0.717, 1.165) is 13.1 Å². The molecule has 0 radical (unpaired) electrons. The number of anilines is 1. The summed E-state index contributed by atoms with van der Waals surface area (Å²) in [6, 6.07) is 1.02. The van der Waals surface area contributed by atoms with Crippen LogP contribution in [0.25, 0.3) is 5.69 Å². The number of nitrogen functional groups attached to an aromatic ring is 1. The third kappa shape index (κ3) is 2.72. The Kier molecular flexibility index (Phi) is 4.02. The van der Waals surface area contributed by atoms with Crippen molar-refractivity contribution in [1.29, 1.82) is 0 Å². The average molecular weight is 352 g/mol. The van der Waals surface area contributed by atoms with E-state index in [1.165, 1.54) is 6.92 Å². The highest BCUT2D eigenvalue weighted by atomic mass is 35.5. The highest BCUT2D eigenvalue weighted by Gasteiger charge is 2.35. The third-order valence-electron chi connectivity index (χ3n) is 3.33. The van der Waals surface area contributed by atoms with Crippen LogP contribution < -0.4 is 17.0 Å². The Labute approximate surface area is 131 Å². The van der Waals surface area contributed by atoms with Gasteiger partial charge in [-0.15, -0.1) is 0 Å². The van der Waals surface area contributed by atoms with Crippen molar-refractivity contribution < 1.29 is 17.6 Å². The Morgan fingerprint density at radius 2 is 1.78 bits per heavy atom. The van der Waals surface area contributed by atoms with E-state index in [9.17, 15) is 27.2 Å². The fourth-order valence-corrected chi connectivity index (χ4v) is 2.25. The first kappa shape index (κ1) is 17.1. The maximum absolute atomic E-state index is 14.1. The third-order valence-corrected chi connectivity index (χ3v) is 3.72. The molecule has 5 nitrogen and oxygen atoms in total. The summed E-state index contributed by atoms with van der Waals surface area (Å²) in [6.45, 7) is 1.42. The summed E-state index contributed by atoms with van der Waals surface area (Å²) < 4.78 is 52.9. The first-order chi connectivity index (χ1) is 10.5. The van der Waals surface area contributed by atoms with Crippen LogP contribution in [0, 0.1) is 12.7 Å². The molecule has 0 amide bonds. The van der Waals surface area contributed by atoms with Crippen LogP contribution in [0.4, 0.5) is 23.2 Å². The van der Waals surface area contributed by atoms with Gasteiger partial charge in [-0.05, 0) is 18.6 Å². The number of benzene rings is 1. The van der Waals surface area contributed by atoms with Crippen LogP contribution in [0.15, 0.2) is 21.7 Å². The molecule has 1 aromatic carbocycles. The lowest BCUT2D eigenvalue weighted by Gasteiger charge is -2.16. The zero-order valence-electron chi connectivity index (χ0n) is 11.8. The number of rotatable bonds is 1. The van der Waals surface area contributed by atoms with Crippen LogP contribution in [0.3, 0.4) is 0 Å². The molecule has 1 heterocycles. The fraction of sp³-hybridized carbons (Fsp3) is 0.231. The largest absolute Gasteiger partial charge is 0.431 e. The molecule has 0 saturated heterocycles.